The van der Waals surface area contributed by atoms with Crippen molar-refractivity contribution in [3.05, 3.63) is 35.9 Å². The van der Waals surface area contributed by atoms with E-state index in [0.717, 1.165) is 13.1 Å². The number of unbranched alkanes of at least 4 members (excludes halogenated alkanes) is 1. The van der Waals surface area contributed by atoms with E-state index in [1.807, 2.05) is 0 Å². The second-order valence-electron chi connectivity index (χ2n) is 4.49. The predicted molar refractivity (Wildman–Crippen MR) is 79.9 cm³/mol. The Hall–Kier alpha value is -0.340. The van der Waals surface area contributed by atoms with Gasteiger partial charge >= 0.3 is 0 Å². The van der Waals surface area contributed by atoms with Crippen molar-refractivity contribution in [3.63, 3.8) is 0 Å². The molecular formula is C15H24BrN. The SMILES string of the molecule is CCC(Br)CCNCCCCc1ccccc1. The first-order valence-corrected chi connectivity index (χ1v) is 7.63. The zero-order chi connectivity index (χ0) is 12.3. The molecule has 17 heavy (non-hydrogen) atoms. The number of aryl methyl sites for hydroxylation is 1. The van der Waals surface area contributed by atoms with Crippen molar-refractivity contribution in [2.75, 3.05) is 13.1 Å². The van der Waals surface area contributed by atoms with Gasteiger partial charge in [-0.05, 0) is 50.8 Å². The van der Waals surface area contributed by atoms with Gasteiger partial charge in [0.2, 0.25) is 0 Å². The standard InChI is InChI=1S/C15H24BrN/c1-2-15(16)11-13-17-12-7-6-10-14-8-4-3-5-9-14/h3-5,8-9,15,17H,2,6-7,10-13H2,1H3. The lowest BCUT2D eigenvalue weighted by molar-refractivity contribution is 0.594. The van der Waals surface area contributed by atoms with Crippen molar-refractivity contribution >= 4 is 15.9 Å². The third kappa shape index (κ3) is 7.56. The molecule has 0 bridgehead atoms. The summed E-state index contributed by atoms with van der Waals surface area (Å²) in [6.45, 7) is 4.50. The Morgan fingerprint density at radius 1 is 1.12 bits per heavy atom. The number of hydrogen-bond acceptors (Lipinski definition) is 1. The molecule has 1 aromatic carbocycles. The van der Waals surface area contributed by atoms with Crippen molar-refractivity contribution in [3.8, 4) is 0 Å². The fraction of sp³-hybridized carbons (Fsp3) is 0.600. The highest BCUT2D eigenvalue weighted by Gasteiger charge is 1.99. The van der Waals surface area contributed by atoms with Crippen LogP contribution in [0.3, 0.4) is 0 Å². The minimum atomic E-state index is 0.680. The van der Waals surface area contributed by atoms with Crippen LogP contribution in [0.15, 0.2) is 30.3 Å². The molecule has 1 atom stereocenters. The van der Waals surface area contributed by atoms with Gasteiger partial charge in [-0.1, -0.05) is 53.2 Å². The Bertz CT molecular complexity index is 274. The van der Waals surface area contributed by atoms with Crippen LogP contribution in [0.1, 0.15) is 38.2 Å². The third-order valence-electron chi connectivity index (χ3n) is 2.99. The van der Waals surface area contributed by atoms with Crippen molar-refractivity contribution in [1.29, 1.82) is 0 Å². The van der Waals surface area contributed by atoms with Gasteiger partial charge in [-0.3, -0.25) is 0 Å². The lowest BCUT2D eigenvalue weighted by atomic mass is 10.1. The van der Waals surface area contributed by atoms with E-state index in [-0.39, 0.29) is 0 Å². The normalized spacial score (nSPS) is 12.6. The molecule has 0 heterocycles. The van der Waals surface area contributed by atoms with Crippen LogP contribution in [-0.4, -0.2) is 17.9 Å². The Labute approximate surface area is 114 Å². The third-order valence-corrected chi connectivity index (χ3v) is 4.09. The quantitative estimate of drug-likeness (QED) is 0.533. The van der Waals surface area contributed by atoms with Crippen LogP contribution in [-0.2, 0) is 6.42 Å². The van der Waals surface area contributed by atoms with Crippen LogP contribution in [0.2, 0.25) is 0 Å². The van der Waals surface area contributed by atoms with Gasteiger partial charge in [0.1, 0.15) is 0 Å². The predicted octanol–water partition coefficient (Wildman–Crippen LogP) is 4.16. The van der Waals surface area contributed by atoms with Crippen molar-refractivity contribution in [1.82, 2.24) is 5.32 Å². The molecule has 1 unspecified atom stereocenters. The van der Waals surface area contributed by atoms with Crippen molar-refractivity contribution < 1.29 is 0 Å². The van der Waals surface area contributed by atoms with Gasteiger partial charge in [0.05, 0.1) is 0 Å². The first-order chi connectivity index (χ1) is 8.33. The van der Waals surface area contributed by atoms with Gasteiger partial charge in [0.25, 0.3) is 0 Å². The van der Waals surface area contributed by atoms with Crippen LogP contribution < -0.4 is 5.32 Å². The van der Waals surface area contributed by atoms with E-state index < -0.39 is 0 Å². The second kappa shape index (κ2) is 9.67. The molecule has 1 N–H and O–H groups in total. The molecule has 0 aliphatic heterocycles. The Morgan fingerprint density at radius 3 is 2.59 bits per heavy atom. The van der Waals surface area contributed by atoms with E-state index in [4.69, 9.17) is 0 Å². The van der Waals surface area contributed by atoms with Crippen molar-refractivity contribution in [2.45, 2.75) is 43.9 Å². The number of nitrogens with one attached hydrogen (secondary N) is 1. The summed E-state index contributed by atoms with van der Waals surface area (Å²) >= 11 is 3.65. The average Bonchev–Trinajstić information content (AvgIpc) is 2.38. The number of hydrogen-bond donors (Lipinski definition) is 1. The van der Waals surface area contributed by atoms with E-state index in [2.05, 4.69) is 58.5 Å². The van der Waals surface area contributed by atoms with Crippen LogP contribution >= 0.6 is 15.9 Å². The molecule has 0 fully saturated rings. The molecule has 1 nitrogen and oxygen atoms in total. The molecule has 1 rings (SSSR count). The molecule has 0 spiro atoms. The summed E-state index contributed by atoms with van der Waals surface area (Å²) in [6.07, 6.45) is 6.21. The summed E-state index contributed by atoms with van der Waals surface area (Å²) in [6, 6.07) is 10.7. The van der Waals surface area contributed by atoms with Gasteiger partial charge in [-0.2, -0.15) is 0 Å². The minimum Gasteiger partial charge on any atom is -0.317 e. The van der Waals surface area contributed by atoms with Crippen LogP contribution in [0, 0.1) is 0 Å². The first kappa shape index (κ1) is 14.7. The van der Waals surface area contributed by atoms with E-state index in [0.29, 0.717) is 4.83 Å². The maximum atomic E-state index is 3.65. The Balaban J connectivity index is 1.91. The van der Waals surface area contributed by atoms with E-state index in [9.17, 15) is 0 Å². The molecular weight excluding hydrogens is 274 g/mol. The van der Waals surface area contributed by atoms with Crippen LogP contribution in [0.5, 0.6) is 0 Å². The summed E-state index contributed by atoms with van der Waals surface area (Å²) in [5, 5.41) is 3.51. The van der Waals surface area contributed by atoms with Gasteiger partial charge < -0.3 is 5.32 Å². The Morgan fingerprint density at radius 2 is 1.88 bits per heavy atom. The minimum absolute atomic E-state index is 0.680. The van der Waals surface area contributed by atoms with Gasteiger partial charge in [0, 0.05) is 4.83 Å². The molecule has 0 saturated carbocycles. The zero-order valence-corrected chi connectivity index (χ0v) is 12.4. The lowest BCUT2D eigenvalue weighted by Gasteiger charge is -2.08. The summed E-state index contributed by atoms with van der Waals surface area (Å²) < 4.78 is 0. The summed E-state index contributed by atoms with van der Waals surface area (Å²) in [4.78, 5) is 0.680. The molecule has 96 valence electrons. The molecule has 0 amide bonds. The van der Waals surface area contributed by atoms with Gasteiger partial charge in [0.15, 0.2) is 0 Å². The van der Waals surface area contributed by atoms with Gasteiger partial charge in [-0.15, -0.1) is 0 Å². The highest BCUT2D eigenvalue weighted by molar-refractivity contribution is 9.09. The van der Waals surface area contributed by atoms with Crippen LogP contribution in [0.25, 0.3) is 0 Å². The Kier molecular flexibility index (Phi) is 8.37. The zero-order valence-electron chi connectivity index (χ0n) is 10.8. The number of halogens is 1. The summed E-state index contributed by atoms with van der Waals surface area (Å²) in [5.74, 6) is 0. The lowest BCUT2D eigenvalue weighted by Crippen LogP contribution is -2.19. The maximum Gasteiger partial charge on any atom is 0.0155 e. The molecule has 0 aliphatic carbocycles. The topological polar surface area (TPSA) is 12.0 Å². The monoisotopic (exact) mass is 297 g/mol. The first-order valence-electron chi connectivity index (χ1n) is 6.71. The van der Waals surface area contributed by atoms with Crippen molar-refractivity contribution in [2.24, 2.45) is 0 Å². The molecule has 0 aromatic heterocycles. The maximum absolute atomic E-state index is 3.65. The van der Waals surface area contributed by atoms with E-state index in [1.165, 1.54) is 37.7 Å². The highest BCUT2D eigenvalue weighted by Crippen LogP contribution is 2.07. The molecule has 0 radical (unpaired) electrons. The van der Waals surface area contributed by atoms with Gasteiger partial charge in [-0.25, -0.2) is 0 Å². The summed E-state index contributed by atoms with van der Waals surface area (Å²) in [7, 11) is 0. The number of rotatable bonds is 9. The van der Waals surface area contributed by atoms with Crippen LogP contribution in [0.4, 0.5) is 0 Å². The highest BCUT2D eigenvalue weighted by atomic mass is 79.9. The van der Waals surface area contributed by atoms with E-state index in [1.54, 1.807) is 0 Å². The molecule has 0 saturated heterocycles. The van der Waals surface area contributed by atoms with E-state index >= 15 is 0 Å². The number of benzene rings is 1. The smallest absolute Gasteiger partial charge is 0.0155 e. The molecule has 0 aliphatic rings. The molecule has 2 heteroatoms. The average molecular weight is 298 g/mol. The molecule has 1 aromatic rings. The number of alkyl halides is 1. The summed E-state index contributed by atoms with van der Waals surface area (Å²) in [5.41, 5.74) is 1.46. The largest absolute Gasteiger partial charge is 0.317 e. The fourth-order valence-electron chi connectivity index (χ4n) is 1.81. The fourth-order valence-corrected chi connectivity index (χ4v) is 2.04. The second-order valence-corrected chi connectivity index (χ2v) is 5.78.